The smallest absolute Gasteiger partial charge is 0.147 e. The third-order valence-corrected chi connectivity index (χ3v) is 3.00. The zero-order valence-corrected chi connectivity index (χ0v) is 10.5. The maximum atomic E-state index is 13.4. The van der Waals surface area contributed by atoms with E-state index in [1.807, 2.05) is 0 Å². The molecule has 0 aliphatic heterocycles. The minimum atomic E-state index is -0.379. The summed E-state index contributed by atoms with van der Waals surface area (Å²) in [5, 5.41) is 3.30. The predicted octanol–water partition coefficient (Wildman–Crippen LogP) is 4.45. The van der Waals surface area contributed by atoms with Gasteiger partial charge in [-0.15, -0.1) is 0 Å². The van der Waals surface area contributed by atoms with E-state index in [-0.39, 0.29) is 5.82 Å². The molecule has 5 heteroatoms. The van der Waals surface area contributed by atoms with Crippen molar-refractivity contribution < 1.29 is 8.81 Å². The highest BCUT2D eigenvalue weighted by Gasteiger charge is 2.06. The first kappa shape index (κ1) is 11.5. The molecule has 0 saturated carbocycles. The van der Waals surface area contributed by atoms with Crippen LogP contribution in [0.5, 0.6) is 0 Å². The van der Waals surface area contributed by atoms with Crippen LogP contribution in [0.1, 0.15) is 5.76 Å². The quantitative estimate of drug-likeness (QED) is 0.906. The van der Waals surface area contributed by atoms with Crippen molar-refractivity contribution in [3.8, 4) is 0 Å². The van der Waals surface area contributed by atoms with E-state index in [0.717, 1.165) is 4.47 Å². The van der Waals surface area contributed by atoms with Crippen molar-refractivity contribution in [3.63, 3.8) is 0 Å². The van der Waals surface area contributed by atoms with Crippen LogP contribution in [0.3, 0.4) is 0 Å². The Bertz CT molecular complexity index is 500. The van der Waals surface area contributed by atoms with E-state index in [9.17, 15) is 4.39 Å². The molecule has 1 heterocycles. The van der Waals surface area contributed by atoms with Crippen LogP contribution in [0, 0.1) is 5.82 Å². The number of furan rings is 1. The second-order valence-corrected chi connectivity index (χ2v) is 4.46. The molecule has 0 atom stereocenters. The van der Waals surface area contributed by atoms with Crippen LogP contribution in [0.4, 0.5) is 10.1 Å². The van der Waals surface area contributed by atoms with Gasteiger partial charge in [-0.3, -0.25) is 0 Å². The van der Waals surface area contributed by atoms with Gasteiger partial charge in [0, 0.05) is 5.02 Å². The summed E-state index contributed by atoms with van der Waals surface area (Å²) in [6, 6.07) is 6.27. The van der Waals surface area contributed by atoms with Crippen molar-refractivity contribution in [2.75, 3.05) is 5.32 Å². The zero-order valence-electron chi connectivity index (χ0n) is 8.14. The topological polar surface area (TPSA) is 25.2 Å². The van der Waals surface area contributed by atoms with Gasteiger partial charge in [-0.2, -0.15) is 0 Å². The summed E-state index contributed by atoms with van der Waals surface area (Å²) in [7, 11) is 0. The van der Waals surface area contributed by atoms with E-state index in [2.05, 4.69) is 21.2 Å². The second-order valence-electron chi connectivity index (χ2n) is 3.17. The number of rotatable bonds is 3. The van der Waals surface area contributed by atoms with Crippen molar-refractivity contribution in [1.82, 2.24) is 0 Å². The van der Waals surface area contributed by atoms with Gasteiger partial charge in [0.1, 0.15) is 11.6 Å². The summed E-state index contributed by atoms with van der Waals surface area (Å²) >= 11 is 8.97. The molecule has 0 aliphatic rings. The highest BCUT2D eigenvalue weighted by molar-refractivity contribution is 9.10. The Morgan fingerprint density at radius 1 is 1.38 bits per heavy atom. The third-order valence-electron chi connectivity index (χ3n) is 2.06. The molecular formula is C11H8BrClFNO. The lowest BCUT2D eigenvalue weighted by Crippen LogP contribution is -2.00. The maximum absolute atomic E-state index is 13.4. The first-order valence-corrected chi connectivity index (χ1v) is 5.74. The van der Waals surface area contributed by atoms with Crippen LogP contribution in [0.2, 0.25) is 5.02 Å². The van der Waals surface area contributed by atoms with Crippen LogP contribution < -0.4 is 5.32 Å². The molecule has 2 aromatic rings. The van der Waals surface area contributed by atoms with Crippen LogP contribution in [-0.2, 0) is 6.54 Å². The van der Waals surface area contributed by atoms with Crippen LogP contribution >= 0.6 is 27.5 Å². The molecule has 16 heavy (non-hydrogen) atoms. The molecule has 0 amide bonds. The fourth-order valence-corrected chi connectivity index (χ4v) is 1.76. The molecule has 0 bridgehead atoms. The van der Waals surface area contributed by atoms with E-state index in [0.29, 0.717) is 23.0 Å². The Morgan fingerprint density at radius 2 is 2.19 bits per heavy atom. The Morgan fingerprint density at radius 3 is 2.81 bits per heavy atom. The van der Waals surface area contributed by atoms with Crippen molar-refractivity contribution in [3.05, 3.63) is 51.6 Å². The van der Waals surface area contributed by atoms with E-state index < -0.39 is 0 Å². The molecule has 1 N–H and O–H groups in total. The molecule has 0 aliphatic carbocycles. The van der Waals surface area contributed by atoms with Gasteiger partial charge >= 0.3 is 0 Å². The molecule has 1 aromatic heterocycles. The van der Waals surface area contributed by atoms with Crippen molar-refractivity contribution in [2.45, 2.75) is 6.54 Å². The van der Waals surface area contributed by atoms with Gasteiger partial charge in [-0.1, -0.05) is 11.6 Å². The van der Waals surface area contributed by atoms with Gasteiger partial charge in [0.05, 0.1) is 23.0 Å². The standard InChI is InChI=1S/C11H8BrClFNO/c12-8-3-4-16-11(8)6-15-10-2-1-7(13)5-9(10)14/h1-5,15H,6H2. The summed E-state index contributed by atoms with van der Waals surface area (Å²) in [4.78, 5) is 0. The Labute approximate surface area is 106 Å². The Hall–Kier alpha value is -1.00. The van der Waals surface area contributed by atoms with Crippen LogP contribution in [0.15, 0.2) is 39.4 Å². The van der Waals surface area contributed by atoms with Crippen molar-refractivity contribution in [1.29, 1.82) is 0 Å². The number of hydrogen-bond acceptors (Lipinski definition) is 2. The molecule has 84 valence electrons. The second kappa shape index (κ2) is 4.89. The average Bonchev–Trinajstić information content (AvgIpc) is 2.63. The first-order chi connectivity index (χ1) is 7.66. The highest BCUT2D eigenvalue weighted by Crippen LogP contribution is 2.22. The van der Waals surface area contributed by atoms with E-state index in [1.54, 1.807) is 24.5 Å². The van der Waals surface area contributed by atoms with E-state index in [1.165, 1.54) is 6.07 Å². The fourth-order valence-electron chi connectivity index (χ4n) is 1.26. The van der Waals surface area contributed by atoms with Crippen molar-refractivity contribution >= 4 is 33.2 Å². The average molecular weight is 305 g/mol. The van der Waals surface area contributed by atoms with Crippen LogP contribution in [0.25, 0.3) is 0 Å². The molecule has 2 nitrogen and oxygen atoms in total. The Kier molecular flexibility index (Phi) is 3.51. The lowest BCUT2D eigenvalue weighted by Gasteiger charge is -2.06. The molecule has 0 unspecified atom stereocenters. The molecule has 0 radical (unpaired) electrons. The van der Waals surface area contributed by atoms with Gasteiger partial charge in [-0.25, -0.2) is 4.39 Å². The molecular weight excluding hydrogens is 296 g/mol. The lowest BCUT2D eigenvalue weighted by atomic mass is 10.3. The van der Waals surface area contributed by atoms with Gasteiger partial charge in [0.2, 0.25) is 0 Å². The van der Waals surface area contributed by atoms with Crippen LogP contribution in [-0.4, -0.2) is 0 Å². The number of nitrogens with one attached hydrogen (secondary N) is 1. The van der Waals surface area contributed by atoms with E-state index >= 15 is 0 Å². The number of halogens is 3. The Balaban J connectivity index is 2.08. The minimum Gasteiger partial charge on any atom is -0.466 e. The number of hydrogen-bond donors (Lipinski definition) is 1. The summed E-state index contributed by atoms with van der Waals surface area (Å²) in [6.45, 7) is 0.409. The van der Waals surface area contributed by atoms with Gasteiger partial charge < -0.3 is 9.73 Å². The van der Waals surface area contributed by atoms with Crippen molar-refractivity contribution in [2.24, 2.45) is 0 Å². The highest BCUT2D eigenvalue weighted by atomic mass is 79.9. The first-order valence-electron chi connectivity index (χ1n) is 4.57. The molecule has 1 aromatic carbocycles. The van der Waals surface area contributed by atoms with E-state index in [4.69, 9.17) is 16.0 Å². The maximum Gasteiger partial charge on any atom is 0.147 e. The number of anilines is 1. The summed E-state index contributed by atoms with van der Waals surface area (Å²) in [5.41, 5.74) is 0.396. The summed E-state index contributed by atoms with van der Waals surface area (Å²) in [5.74, 6) is 0.338. The molecule has 2 rings (SSSR count). The minimum absolute atomic E-state index is 0.377. The van der Waals surface area contributed by atoms with Gasteiger partial charge in [-0.05, 0) is 40.2 Å². The molecule has 0 spiro atoms. The van der Waals surface area contributed by atoms with Gasteiger partial charge in [0.25, 0.3) is 0 Å². The fraction of sp³-hybridized carbons (Fsp3) is 0.0909. The molecule has 0 saturated heterocycles. The SMILES string of the molecule is Fc1cc(Cl)ccc1NCc1occc1Br. The normalized spacial score (nSPS) is 10.4. The third kappa shape index (κ3) is 2.57. The summed E-state index contributed by atoms with van der Waals surface area (Å²) < 4.78 is 19.4. The monoisotopic (exact) mass is 303 g/mol. The van der Waals surface area contributed by atoms with Gasteiger partial charge in [0.15, 0.2) is 0 Å². The zero-order chi connectivity index (χ0) is 11.5. The largest absolute Gasteiger partial charge is 0.466 e. The lowest BCUT2D eigenvalue weighted by molar-refractivity contribution is 0.515. The summed E-state index contributed by atoms with van der Waals surface area (Å²) in [6.07, 6.45) is 1.57. The molecule has 0 fully saturated rings. The number of benzene rings is 1. The predicted molar refractivity (Wildman–Crippen MR) is 65.1 cm³/mol.